The summed E-state index contributed by atoms with van der Waals surface area (Å²) >= 11 is 0. The molecule has 0 saturated heterocycles. The molecule has 2 aromatic carbocycles. The molecule has 5 heteroatoms. The summed E-state index contributed by atoms with van der Waals surface area (Å²) in [6.45, 7) is 5.64. The maximum absolute atomic E-state index is 14.7. The van der Waals surface area contributed by atoms with E-state index in [2.05, 4.69) is 5.32 Å². The van der Waals surface area contributed by atoms with Crippen molar-refractivity contribution in [1.82, 2.24) is 5.32 Å². The van der Waals surface area contributed by atoms with E-state index in [-0.39, 0.29) is 12.4 Å². The van der Waals surface area contributed by atoms with Crippen molar-refractivity contribution in [1.29, 1.82) is 0 Å². The highest BCUT2D eigenvalue weighted by Gasteiger charge is 2.17. The lowest BCUT2D eigenvalue weighted by Crippen LogP contribution is -2.33. The Labute approximate surface area is 135 Å². The molecule has 0 aliphatic heterocycles. The van der Waals surface area contributed by atoms with Crippen LogP contribution in [0, 0.1) is 5.82 Å². The third-order valence-electron chi connectivity index (χ3n) is 3.31. The summed E-state index contributed by atoms with van der Waals surface area (Å²) in [5.41, 5.74) is -0.113. The fourth-order valence-electron chi connectivity index (χ4n) is 2.34. The molecule has 0 aromatic heterocycles. The molecule has 2 aromatic rings. The predicted molar refractivity (Wildman–Crippen MR) is 88.4 cm³/mol. The van der Waals surface area contributed by atoms with Crippen LogP contribution in [-0.2, 0) is 11.2 Å². The van der Waals surface area contributed by atoms with E-state index in [0.717, 1.165) is 5.39 Å². The number of carbonyl (C=O) groups excluding carboxylic acids is 1. The maximum atomic E-state index is 14.7. The quantitative estimate of drug-likeness (QED) is 0.924. The SMILES string of the molecule is COc1cc2ccccc2c(F)c1CCNC(=O)OC(C)(C)C. The molecule has 0 atom stereocenters. The van der Waals surface area contributed by atoms with Gasteiger partial charge in [-0.2, -0.15) is 0 Å². The number of nitrogens with one attached hydrogen (secondary N) is 1. The number of hydrogen-bond donors (Lipinski definition) is 1. The molecule has 0 radical (unpaired) electrons. The second-order valence-electron chi connectivity index (χ2n) is 6.27. The Morgan fingerprint density at radius 3 is 2.61 bits per heavy atom. The van der Waals surface area contributed by atoms with Crippen LogP contribution in [0.1, 0.15) is 26.3 Å². The highest BCUT2D eigenvalue weighted by atomic mass is 19.1. The summed E-state index contributed by atoms with van der Waals surface area (Å²) in [6.07, 6.45) is -0.198. The van der Waals surface area contributed by atoms with Crippen molar-refractivity contribution in [3.8, 4) is 5.75 Å². The number of alkyl carbamates (subject to hydrolysis) is 1. The first-order valence-corrected chi connectivity index (χ1v) is 7.53. The van der Waals surface area contributed by atoms with Gasteiger partial charge in [0.15, 0.2) is 0 Å². The highest BCUT2D eigenvalue weighted by Crippen LogP contribution is 2.30. The number of ether oxygens (including phenoxy) is 2. The molecule has 0 heterocycles. The molecule has 0 fully saturated rings. The van der Waals surface area contributed by atoms with Crippen molar-refractivity contribution in [2.75, 3.05) is 13.7 Å². The van der Waals surface area contributed by atoms with Gasteiger partial charge < -0.3 is 14.8 Å². The Hall–Kier alpha value is -2.30. The van der Waals surface area contributed by atoms with Crippen LogP contribution in [0.2, 0.25) is 0 Å². The zero-order valence-corrected chi connectivity index (χ0v) is 13.9. The molecule has 23 heavy (non-hydrogen) atoms. The number of methoxy groups -OCH3 is 1. The molecule has 2 rings (SSSR count). The lowest BCUT2D eigenvalue weighted by atomic mass is 10.0. The Bertz CT molecular complexity index is 707. The van der Waals surface area contributed by atoms with Crippen LogP contribution in [-0.4, -0.2) is 25.3 Å². The minimum Gasteiger partial charge on any atom is -0.496 e. The van der Waals surface area contributed by atoms with Gasteiger partial charge in [-0.25, -0.2) is 9.18 Å². The number of amides is 1. The summed E-state index contributed by atoms with van der Waals surface area (Å²) in [7, 11) is 1.51. The van der Waals surface area contributed by atoms with Gasteiger partial charge in [-0.3, -0.25) is 0 Å². The summed E-state index contributed by atoms with van der Waals surface area (Å²) in [4.78, 5) is 11.6. The van der Waals surface area contributed by atoms with Gasteiger partial charge in [0.05, 0.1) is 7.11 Å². The largest absolute Gasteiger partial charge is 0.496 e. The number of fused-ring (bicyclic) bond motifs is 1. The van der Waals surface area contributed by atoms with Gasteiger partial charge in [0.2, 0.25) is 0 Å². The molecule has 124 valence electrons. The standard InChI is InChI=1S/C18H22FNO3/c1-18(2,3)23-17(21)20-10-9-14-15(22-4)11-12-7-5-6-8-13(12)16(14)19/h5-8,11H,9-10H2,1-4H3,(H,20,21). The number of benzene rings is 2. The van der Waals surface area contributed by atoms with Crippen LogP contribution in [0.3, 0.4) is 0 Å². The van der Waals surface area contributed by atoms with E-state index in [1.807, 2.05) is 12.1 Å². The summed E-state index contributed by atoms with van der Waals surface area (Å²) in [6, 6.07) is 9.02. The Morgan fingerprint density at radius 2 is 1.96 bits per heavy atom. The summed E-state index contributed by atoms with van der Waals surface area (Å²) < 4.78 is 25.1. The molecule has 0 unspecified atom stereocenters. The van der Waals surface area contributed by atoms with Gasteiger partial charge in [-0.15, -0.1) is 0 Å². The van der Waals surface area contributed by atoms with Crippen molar-refractivity contribution in [2.24, 2.45) is 0 Å². The molecule has 0 aliphatic carbocycles. The van der Waals surface area contributed by atoms with Gasteiger partial charge in [0.1, 0.15) is 17.2 Å². The van der Waals surface area contributed by atoms with Gasteiger partial charge in [-0.1, -0.05) is 24.3 Å². The van der Waals surface area contributed by atoms with E-state index in [0.29, 0.717) is 23.1 Å². The number of rotatable bonds is 4. The van der Waals surface area contributed by atoms with Crippen molar-refractivity contribution in [3.05, 3.63) is 41.7 Å². The molecule has 0 saturated carbocycles. The normalized spacial score (nSPS) is 11.3. The van der Waals surface area contributed by atoms with Crippen LogP contribution in [0.5, 0.6) is 5.75 Å². The topological polar surface area (TPSA) is 47.6 Å². The van der Waals surface area contributed by atoms with Gasteiger partial charge in [0, 0.05) is 17.5 Å². The van der Waals surface area contributed by atoms with Crippen molar-refractivity contribution >= 4 is 16.9 Å². The van der Waals surface area contributed by atoms with Crippen molar-refractivity contribution in [2.45, 2.75) is 32.8 Å². The molecule has 0 bridgehead atoms. The second kappa shape index (κ2) is 6.86. The van der Waals surface area contributed by atoms with E-state index in [1.165, 1.54) is 7.11 Å². The fourth-order valence-corrected chi connectivity index (χ4v) is 2.34. The van der Waals surface area contributed by atoms with Crippen LogP contribution >= 0.6 is 0 Å². The minimum atomic E-state index is -0.560. The van der Waals surface area contributed by atoms with Gasteiger partial charge in [0.25, 0.3) is 0 Å². The zero-order chi connectivity index (χ0) is 17.0. The van der Waals surface area contributed by atoms with Gasteiger partial charge in [-0.05, 0) is 38.6 Å². The molecule has 1 N–H and O–H groups in total. The van der Waals surface area contributed by atoms with Crippen LogP contribution in [0.25, 0.3) is 10.8 Å². The van der Waals surface area contributed by atoms with Crippen molar-refractivity contribution < 1.29 is 18.7 Å². The Morgan fingerprint density at radius 1 is 1.26 bits per heavy atom. The monoisotopic (exact) mass is 319 g/mol. The van der Waals surface area contributed by atoms with E-state index in [4.69, 9.17) is 9.47 Å². The Kier molecular flexibility index (Phi) is 5.08. The molecule has 4 nitrogen and oxygen atoms in total. The first-order valence-electron chi connectivity index (χ1n) is 7.53. The molecular weight excluding hydrogens is 297 g/mol. The van der Waals surface area contributed by atoms with E-state index in [9.17, 15) is 9.18 Å². The third kappa shape index (κ3) is 4.34. The second-order valence-corrected chi connectivity index (χ2v) is 6.27. The van der Waals surface area contributed by atoms with E-state index < -0.39 is 11.7 Å². The first kappa shape index (κ1) is 17.1. The summed E-state index contributed by atoms with van der Waals surface area (Å²) in [5, 5.41) is 3.96. The number of halogens is 1. The fraction of sp³-hybridized carbons (Fsp3) is 0.389. The summed E-state index contributed by atoms with van der Waals surface area (Å²) in [5.74, 6) is 0.165. The molecule has 1 amide bonds. The van der Waals surface area contributed by atoms with E-state index in [1.54, 1.807) is 39.0 Å². The lowest BCUT2D eigenvalue weighted by molar-refractivity contribution is 0.0528. The highest BCUT2D eigenvalue weighted by molar-refractivity contribution is 5.85. The molecule has 0 spiro atoms. The molecule has 0 aliphatic rings. The average molecular weight is 319 g/mol. The van der Waals surface area contributed by atoms with Crippen LogP contribution in [0.15, 0.2) is 30.3 Å². The number of hydrogen-bond acceptors (Lipinski definition) is 3. The molecular formula is C18H22FNO3. The zero-order valence-electron chi connectivity index (χ0n) is 13.9. The minimum absolute atomic E-state index is 0.264. The van der Waals surface area contributed by atoms with Gasteiger partial charge >= 0.3 is 6.09 Å². The lowest BCUT2D eigenvalue weighted by Gasteiger charge is -2.20. The maximum Gasteiger partial charge on any atom is 0.407 e. The van der Waals surface area contributed by atoms with Crippen LogP contribution < -0.4 is 10.1 Å². The first-order chi connectivity index (χ1) is 10.8. The predicted octanol–water partition coefficient (Wildman–Crippen LogP) is 4.05. The average Bonchev–Trinajstić information content (AvgIpc) is 2.47. The third-order valence-corrected chi connectivity index (χ3v) is 3.31. The van der Waals surface area contributed by atoms with E-state index >= 15 is 0 Å². The smallest absolute Gasteiger partial charge is 0.407 e. The van der Waals surface area contributed by atoms with Crippen LogP contribution in [0.4, 0.5) is 9.18 Å². The Balaban J connectivity index is 2.13. The van der Waals surface area contributed by atoms with Crippen molar-refractivity contribution in [3.63, 3.8) is 0 Å². The number of carbonyl (C=O) groups is 1.